The summed E-state index contributed by atoms with van der Waals surface area (Å²) in [6.07, 6.45) is 1.84. The Morgan fingerprint density at radius 3 is 2.29 bits per heavy atom. The molecule has 0 fully saturated rings. The molecule has 0 saturated heterocycles. The van der Waals surface area contributed by atoms with Crippen LogP contribution in [0.15, 0.2) is 9.59 Å². The van der Waals surface area contributed by atoms with Crippen molar-refractivity contribution in [1.29, 1.82) is 0 Å². The molecule has 1 unspecified atom stereocenters. The fraction of sp³-hybridized carbons (Fsp3) is 0.667. The molecule has 0 spiro atoms. The second-order valence-electron chi connectivity index (χ2n) is 4.40. The Morgan fingerprint density at radius 2 is 1.82 bits per heavy atom. The van der Waals surface area contributed by atoms with Gasteiger partial charge >= 0.3 is 5.69 Å². The number of rotatable bonds is 4. The highest BCUT2D eigenvalue weighted by Gasteiger charge is 2.21. The predicted molar refractivity (Wildman–Crippen MR) is 66.5 cm³/mol. The SMILES string of the molecule is CCC(CC)C(C)n1c(O)c(C)c(=O)[nH]c1=O. The third-order valence-corrected chi connectivity index (χ3v) is 3.48. The van der Waals surface area contributed by atoms with Gasteiger partial charge in [0.05, 0.1) is 5.56 Å². The van der Waals surface area contributed by atoms with Gasteiger partial charge in [-0.3, -0.25) is 14.3 Å². The van der Waals surface area contributed by atoms with E-state index in [9.17, 15) is 14.7 Å². The maximum atomic E-state index is 11.7. The molecule has 0 aliphatic rings. The van der Waals surface area contributed by atoms with Crippen LogP contribution in [0, 0.1) is 12.8 Å². The minimum absolute atomic E-state index is 0.131. The molecule has 1 rings (SSSR count). The fourth-order valence-corrected chi connectivity index (χ4v) is 2.19. The minimum Gasteiger partial charge on any atom is -0.494 e. The Bertz CT molecular complexity index is 497. The van der Waals surface area contributed by atoms with E-state index in [0.717, 1.165) is 12.8 Å². The summed E-state index contributed by atoms with van der Waals surface area (Å²) in [5.41, 5.74) is -0.889. The molecule has 17 heavy (non-hydrogen) atoms. The summed E-state index contributed by atoms with van der Waals surface area (Å²) in [4.78, 5) is 25.3. The van der Waals surface area contributed by atoms with Crippen LogP contribution in [0.2, 0.25) is 0 Å². The van der Waals surface area contributed by atoms with E-state index in [1.54, 1.807) is 0 Å². The van der Waals surface area contributed by atoms with E-state index < -0.39 is 11.2 Å². The third kappa shape index (κ3) is 2.43. The van der Waals surface area contributed by atoms with Gasteiger partial charge in [0.15, 0.2) is 0 Å². The van der Waals surface area contributed by atoms with Crippen molar-refractivity contribution in [2.75, 3.05) is 0 Å². The van der Waals surface area contributed by atoms with Crippen molar-refractivity contribution >= 4 is 0 Å². The van der Waals surface area contributed by atoms with Gasteiger partial charge < -0.3 is 5.11 Å². The molecular formula is C12H20N2O3. The molecule has 0 aliphatic heterocycles. The highest BCUT2D eigenvalue weighted by atomic mass is 16.3. The Labute approximate surface area is 100 Å². The lowest BCUT2D eigenvalue weighted by Gasteiger charge is -2.24. The van der Waals surface area contributed by atoms with Gasteiger partial charge in [0.25, 0.3) is 5.56 Å². The van der Waals surface area contributed by atoms with Gasteiger partial charge in [-0.05, 0) is 19.8 Å². The summed E-state index contributed by atoms with van der Waals surface area (Å²) >= 11 is 0. The van der Waals surface area contributed by atoms with Crippen LogP contribution in [0.5, 0.6) is 5.88 Å². The Hall–Kier alpha value is -1.52. The first-order valence-electron chi connectivity index (χ1n) is 5.98. The molecule has 1 heterocycles. The number of H-pyrrole nitrogens is 1. The van der Waals surface area contributed by atoms with Gasteiger partial charge in [-0.2, -0.15) is 0 Å². The summed E-state index contributed by atoms with van der Waals surface area (Å²) in [5.74, 6) is 0.0713. The van der Waals surface area contributed by atoms with Crippen molar-refractivity contribution in [3.63, 3.8) is 0 Å². The molecule has 0 aliphatic carbocycles. The number of aromatic nitrogens is 2. The number of nitrogens with one attached hydrogen (secondary N) is 1. The second kappa shape index (κ2) is 5.21. The smallest absolute Gasteiger partial charge is 0.331 e. The molecule has 0 aromatic carbocycles. The number of nitrogens with zero attached hydrogens (tertiary/aromatic N) is 1. The largest absolute Gasteiger partial charge is 0.494 e. The van der Waals surface area contributed by atoms with E-state index in [-0.39, 0.29) is 17.5 Å². The van der Waals surface area contributed by atoms with Crippen molar-refractivity contribution in [1.82, 2.24) is 9.55 Å². The van der Waals surface area contributed by atoms with Crippen LogP contribution in [0.25, 0.3) is 0 Å². The summed E-state index contributed by atoms with van der Waals surface area (Å²) in [7, 11) is 0. The molecule has 5 nitrogen and oxygen atoms in total. The number of aromatic amines is 1. The number of aromatic hydroxyl groups is 1. The lowest BCUT2D eigenvalue weighted by atomic mass is 9.95. The van der Waals surface area contributed by atoms with Gasteiger partial charge in [0.2, 0.25) is 5.88 Å². The molecule has 96 valence electrons. The molecule has 0 bridgehead atoms. The van der Waals surface area contributed by atoms with Crippen molar-refractivity contribution in [3.05, 3.63) is 26.4 Å². The molecule has 1 atom stereocenters. The first-order chi connectivity index (χ1) is 7.93. The van der Waals surface area contributed by atoms with Crippen LogP contribution >= 0.6 is 0 Å². The maximum absolute atomic E-state index is 11.7. The lowest BCUT2D eigenvalue weighted by Crippen LogP contribution is -2.35. The van der Waals surface area contributed by atoms with Crippen LogP contribution in [0.1, 0.15) is 45.2 Å². The second-order valence-corrected chi connectivity index (χ2v) is 4.40. The summed E-state index contributed by atoms with van der Waals surface area (Å²) in [5, 5.41) is 9.91. The zero-order valence-corrected chi connectivity index (χ0v) is 10.8. The maximum Gasteiger partial charge on any atom is 0.331 e. The van der Waals surface area contributed by atoms with Gasteiger partial charge in [-0.1, -0.05) is 26.7 Å². The predicted octanol–water partition coefficient (Wildman–Crippen LogP) is 1.55. The van der Waals surface area contributed by atoms with Crippen LogP contribution in [0.3, 0.4) is 0 Å². The topological polar surface area (TPSA) is 75.1 Å². The van der Waals surface area contributed by atoms with Gasteiger partial charge in [-0.15, -0.1) is 0 Å². The first kappa shape index (κ1) is 13.5. The van der Waals surface area contributed by atoms with Gasteiger partial charge in [0.1, 0.15) is 0 Å². The molecule has 0 amide bonds. The zero-order valence-electron chi connectivity index (χ0n) is 10.8. The summed E-state index contributed by atoms with van der Waals surface area (Å²) in [6, 6.07) is -0.131. The molecule has 2 N–H and O–H groups in total. The van der Waals surface area contributed by atoms with Crippen LogP contribution in [-0.2, 0) is 0 Å². The fourth-order valence-electron chi connectivity index (χ4n) is 2.19. The van der Waals surface area contributed by atoms with Crippen molar-refractivity contribution in [3.8, 4) is 5.88 Å². The first-order valence-corrected chi connectivity index (χ1v) is 5.98. The van der Waals surface area contributed by atoms with Crippen molar-refractivity contribution in [2.45, 2.75) is 46.6 Å². The Kier molecular flexibility index (Phi) is 4.15. The molecule has 0 radical (unpaired) electrons. The van der Waals surface area contributed by atoms with Crippen molar-refractivity contribution < 1.29 is 5.11 Å². The minimum atomic E-state index is -0.544. The van der Waals surface area contributed by atoms with Crippen LogP contribution in [0.4, 0.5) is 0 Å². The standard InChI is InChI=1S/C12H20N2O3/c1-5-9(6-2)8(4)14-11(16)7(3)10(15)13-12(14)17/h8-9,16H,5-6H2,1-4H3,(H,13,15,17). The molecular weight excluding hydrogens is 220 g/mol. The Balaban J connectivity index is 3.37. The van der Waals surface area contributed by atoms with Crippen molar-refractivity contribution in [2.24, 2.45) is 5.92 Å². The Morgan fingerprint density at radius 1 is 1.29 bits per heavy atom. The molecule has 1 aromatic heterocycles. The third-order valence-electron chi connectivity index (χ3n) is 3.48. The normalized spacial score (nSPS) is 13.0. The molecule has 0 saturated carbocycles. The van der Waals surface area contributed by atoms with E-state index in [2.05, 4.69) is 4.98 Å². The van der Waals surface area contributed by atoms with Gasteiger partial charge in [-0.25, -0.2) is 4.79 Å². The number of hydrogen-bond donors (Lipinski definition) is 2. The highest BCUT2D eigenvalue weighted by molar-refractivity contribution is 5.21. The van der Waals surface area contributed by atoms with Gasteiger partial charge in [0, 0.05) is 6.04 Å². The van der Waals surface area contributed by atoms with E-state index in [1.807, 2.05) is 20.8 Å². The zero-order chi connectivity index (χ0) is 13.2. The monoisotopic (exact) mass is 240 g/mol. The highest BCUT2D eigenvalue weighted by Crippen LogP contribution is 2.26. The summed E-state index contributed by atoms with van der Waals surface area (Å²) < 4.78 is 1.27. The van der Waals surface area contributed by atoms with E-state index in [0.29, 0.717) is 5.92 Å². The molecule has 5 heteroatoms. The summed E-state index contributed by atoms with van der Waals surface area (Å²) in [6.45, 7) is 7.48. The molecule has 1 aromatic rings. The average molecular weight is 240 g/mol. The van der Waals surface area contributed by atoms with E-state index >= 15 is 0 Å². The lowest BCUT2D eigenvalue weighted by molar-refractivity contribution is 0.284. The average Bonchev–Trinajstić information content (AvgIpc) is 2.28. The quantitative estimate of drug-likeness (QED) is 0.838. The van der Waals surface area contributed by atoms with E-state index in [4.69, 9.17) is 0 Å². The van der Waals surface area contributed by atoms with E-state index in [1.165, 1.54) is 11.5 Å². The van der Waals surface area contributed by atoms with Crippen LogP contribution in [-0.4, -0.2) is 14.7 Å². The van der Waals surface area contributed by atoms with Crippen LogP contribution < -0.4 is 11.2 Å². The number of hydrogen-bond acceptors (Lipinski definition) is 3.